The van der Waals surface area contributed by atoms with Crippen LogP contribution in [0.15, 0.2) is 46.9 Å². The Morgan fingerprint density at radius 3 is 2.67 bits per heavy atom. The van der Waals surface area contributed by atoms with Crippen LogP contribution in [-0.2, 0) is 0 Å². The van der Waals surface area contributed by atoms with E-state index in [9.17, 15) is 4.79 Å². The van der Waals surface area contributed by atoms with Crippen molar-refractivity contribution in [2.75, 3.05) is 5.32 Å². The van der Waals surface area contributed by atoms with Crippen molar-refractivity contribution in [2.45, 2.75) is 0 Å². The molecule has 0 bridgehead atoms. The van der Waals surface area contributed by atoms with Gasteiger partial charge in [-0.1, -0.05) is 33.6 Å². The van der Waals surface area contributed by atoms with E-state index in [1.165, 1.54) is 0 Å². The van der Waals surface area contributed by atoms with Gasteiger partial charge in [-0.05, 0) is 59.0 Å². The Morgan fingerprint density at radius 2 is 2.00 bits per heavy atom. The van der Waals surface area contributed by atoms with Crippen LogP contribution in [0.1, 0.15) is 10.4 Å². The van der Waals surface area contributed by atoms with E-state index < -0.39 is 0 Å². The lowest BCUT2D eigenvalue weighted by molar-refractivity contribution is 0.102. The van der Waals surface area contributed by atoms with E-state index in [0.717, 1.165) is 8.04 Å². The zero-order valence-corrected chi connectivity index (χ0v) is 13.6. The molecule has 0 atom stereocenters. The van der Waals surface area contributed by atoms with Crippen LogP contribution in [0.25, 0.3) is 0 Å². The average molecular weight is 436 g/mol. The monoisotopic (exact) mass is 435 g/mol. The maximum Gasteiger partial charge on any atom is 0.255 e. The predicted molar refractivity (Wildman–Crippen MR) is 86.3 cm³/mol. The first-order chi connectivity index (χ1) is 8.56. The summed E-state index contributed by atoms with van der Waals surface area (Å²) in [6, 6.07) is 12.7. The molecule has 0 aliphatic carbocycles. The molecule has 0 heterocycles. The molecule has 2 nitrogen and oxygen atoms in total. The van der Waals surface area contributed by atoms with Crippen molar-refractivity contribution in [1.29, 1.82) is 0 Å². The Bertz CT molecular complexity index is 603. The predicted octanol–water partition coefficient (Wildman–Crippen LogP) is 4.96. The van der Waals surface area contributed by atoms with Gasteiger partial charge in [0.25, 0.3) is 5.91 Å². The molecule has 92 valence electrons. The van der Waals surface area contributed by atoms with Gasteiger partial charge in [-0.15, -0.1) is 0 Å². The fourth-order valence-corrected chi connectivity index (χ4v) is 2.72. The highest BCUT2D eigenvalue weighted by Crippen LogP contribution is 2.24. The van der Waals surface area contributed by atoms with E-state index in [4.69, 9.17) is 11.6 Å². The summed E-state index contributed by atoms with van der Waals surface area (Å²) in [5.41, 5.74) is 1.20. The van der Waals surface area contributed by atoms with Crippen molar-refractivity contribution in [3.8, 4) is 0 Å². The highest BCUT2D eigenvalue weighted by Gasteiger charge is 2.08. The zero-order chi connectivity index (χ0) is 13.1. The maximum absolute atomic E-state index is 12.0. The number of carbonyl (C=O) groups excluding carboxylic acids is 1. The number of hydrogen-bond acceptors (Lipinski definition) is 1. The van der Waals surface area contributed by atoms with Crippen molar-refractivity contribution < 1.29 is 4.79 Å². The van der Waals surface area contributed by atoms with Gasteiger partial charge in [0, 0.05) is 13.6 Å². The highest BCUT2D eigenvalue weighted by atomic mass is 127. The van der Waals surface area contributed by atoms with E-state index >= 15 is 0 Å². The molecule has 2 rings (SSSR count). The molecule has 0 unspecified atom stereocenters. The molecule has 2 aromatic rings. The number of hydrogen-bond donors (Lipinski definition) is 1. The lowest BCUT2D eigenvalue weighted by atomic mass is 10.2. The average Bonchev–Trinajstić information content (AvgIpc) is 2.32. The smallest absolute Gasteiger partial charge is 0.255 e. The van der Waals surface area contributed by atoms with Crippen LogP contribution in [0.3, 0.4) is 0 Å². The first-order valence-corrected chi connectivity index (χ1v) is 7.33. The molecule has 0 spiro atoms. The summed E-state index contributed by atoms with van der Waals surface area (Å²) in [6.45, 7) is 0. The summed E-state index contributed by atoms with van der Waals surface area (Å²) in [4.78, 5) is 12.0. The molecule has 0 radical (unpaired) electrons. The van der Waals surface area contributed by atoms with Crippen molar-refractivity contribution in [3.05, 3.63) is 61.1 Å². The third-order valence-corrected chi connectivity index (χ3v) is 3.74. The molecule has 0 aliphatic rings. The van der Waals surface area contributed by atoms with E-state index in [-0.39, 0.29) is 5.91 Å². The van der Waals surface area contributed by atoms with Crippen LogP contribution in [0.4, 0.5) is 5.69 Å². The number of carbonyl (C=O) groups is 1. The van der Waals surface area contributed by atoms with E-state index in [1.807, 2.05) is 18.2 Å². The SMILES string of the molecule is O=C(Nc1ccc(I)cc1Cl)c1cccc(Br)c1. The number of nitrogens with one attached hydrogen (secondary N) is 1. The lowest BCUT2D eigenvalue weighted by Crippen LogP contribution is -2.12. The summed E-state index contributed by atoms with van der Waals surface area (Å²) in [5.74, 6) is -0.181. The van der Waals surface area contributed by atoms with E-state index in [0.29, 0.717) is 16.3 Å². The molecular weight excluding hydrogens is 428 g/mol. The highest BCUT2D eigenvalue weighted by molar-refractivity contribution is 14.1. The summed E-state index contributed by atoms with van der Waals surface area (Å²) in [5, 5.41) is 3.32. The Balaban J connectivity index is 2.21. The maximum atomic E-state index is 12.0. The molecule has 1 N–H and O–H groups in total. The molecule has 0 saturated carbocycles. The number of anilines is 1. The number of rotatable bonds is 2. The van der Waals surface area contributed by atoms with Gasteiger partial charge in [0.05, 0.1) is 10.7 Å². The fourth-order valence-electron chi connectivity index (χ4n) is 1.42. The van der Waals surface area contributed by atoms with Gasteiger partial charge in [-0.3, -0.25) is 4.79 Å². The summed E-state index contributed by atoms with van der Waals surface area (Å²) >= 11 is 11.6. The standard InChI is InChI=1S/C13H8BrClINO/c14-9-3-1-2-8(6-9)13(18)17-12-5-4-10(16)7-11(12)15/h1-7H,(H,17,18). The molecule has 2 aromatic carbocycles. The minimum Gasteiger partial charge on any atom is -0.321 e. The summed E-state index contributed by atoms with van der Waals surface area (Å²) in [7, 11) is 0. The minimum atomic E-state index is -0.181. The zero-order valence-electron chi connectivity index (χ0n) is 9.08. The van der Waals surface area contributed by atoms with Crippen LogP contribution < -0.4 is 5.32 Å². The Labute approximate surface area is 132 Å². The topological polar surface area (TPSA) is 29.1 Å². The summed E-state index contributed by atoms with van der Waals surface area (Å²) < 4.78 is 1.89. The van der Waals surface area contributed by atoms with Gasteiger partial charge in [0.15, 0.2) is 0 Å². The van der Waals surface area contributed by atoms with E-state index in [1.54, 1.807) is 24.3 Å². The van der Waals surface area contributed by atoms with Gasteiger partial charge < -0.3 is 5.32 Å². The van der Waals surface area contributed by atoms with Gasteiger partial charge in [0.1, 0.15) is 0 Å². The molecule has 0 aliphatic heterocycles. The largest absolute Gasteiger partial charge is 0.321 e. The van der Waals surface area contributed by atoms with Crippen LogP contribution in [0, 0.1) is 3.57 Å². The number of amides is 1. The third kappa shape index (κ3) is 3.46. The second-order valence-electron chi connectivity index (χ2n) is 3.59. The third-order valence-electron chi connectivity index (χ3n) is 2.27. The first-order valence-electron chi connectivity index (χ1n) is 5.08. The lowest BCUT2D eigenvalue weighted by Gasteiger charge is -2.07. The Morgan fingerprint density at radius 1 is 1.22 bits per heavy atom. The van der Waals surface area contributed by atoms with Crippen LogP contribution in [-0.4, -0.2) is 5.91 Å². The minimum absolute atomic E-state index is 0.181. The van der Waals surface area contributed by atoms with Crippen molar-refractivity contribution in [2.24, 2.45) is 0 Å². The van der Waals surface area contributed by atoms with E-state index in [2.05, 4.69) is 43.8 Å². The van der Waals surface area contributed by atoms with Crippen molar-refractivity contribution >= 4 is 61.7 Å². The second kappa shape index (κ2) is 6.04. The summed E-state index contributed by atoms with van der Waals surface area (Å²) in [6.07, 6.45) is 0. The normalized spacial score (nSPS) is 10.2. The Hall–Kier alpha value is -0.590. The molecule has 1 amide bonds. The number of benzene rings is 2. The van der Waals surface area contributed by atoms with Crippen molar-refractivity contribution in [3.63, 3.8) is 0 Å². The van der Waals surface area contributed by atoms with Crippen LogP contribution >= 0.6 is 50.1 Å². The molecule has 0 aromatic heterocycles. The quantitative estimate of drug-likeness (QED) is 0.663. The fraction of sp³-hybridized carbons (Fsp3) is 0. The van der Waals surface area contributed by atoms with Crippen LogP contribution in [0.2, 0.25) is 5.02 Å². The second-order valence-corrected chi connectivity index (χ2v) is 6.16. The molecule has 5 heteroatoms. The molecular formula is C13H8BrClINO. The molecule has 18 heavy (non-hydrogen) atoms. The molecule has 0 fully saturated rings. The van der Waals surface area contributed by atoms with Crippen molar-refractivity contribution in [1.82, 2.24) is 0 Å². The first kappa shape index (κ1) is 13.8. The number of halogens is 3. The Kier molecular flexibility index (Phi) is 4.64. The van der Waals surface area contributed by atoms with Gasteiger partial charge in [0.2, 0.25) is 0 Å². The van der Waals surface area contributed by atoms with Gasteiger partial charge in [-0.25, -0.2) is 0 Å². The van der Waals surface area contributed by atoms with Crippen LogP contribution in [0.5, 0.6) is 0 Å². The van der Waals surface area contributed by atoms with Gasteiger partial charge in [-0.2, -0.15) is 0 Å². The molecule has 0 saturated heterocycles. The van der Waals surface area contributed by atoms with Gasteiger partial charge >= 0.3 is 0 Å².